The van der Waals surface area contributed by atoms with E-state index in [1.807, 2.05) is 19.9 Å². The number of halogens is 1. The van der Waals surface area contributed by atoms with Crippen LogP contribution in [0.2, 0.25) is 5.02 Å². The highest BCUT2D eigenvalue weighted by molar-refractivity contribution is 6.34. The first-order valence-electron chi connectivity index (χ1n) is 10.7. The SMILES string of the molecule is CCC(C)NC(=O)c1cc(NC(=O)c2ccc([N+](=O)[O-])cc2Cl)ccc1N1CCCCC1. The van der Waals surface area contributed by atoms with Gasteiger partial charge in [-0.05, 0) is 56.9 Å². The van der Waals surface area contributed by atoms with E-state index in [1.54, 1.807) is 12.1 Å². The van der Waals surface area contributed by atoms with Crippen molar-refractivity contribution in [3.63, 3.8) is 0 Å². The molecule has 2 aromatic rings. The summed E-state index contributed by atoms with van der Waals surface area (Å²) in [5.41, 5.74) is 1.71. The minimum absolute atomic E-state index is 0.0172. The second kappa shape index (κ2) is 10.5. The number of non-ortho nitro benzene ring substituents is 1. The Balaban J connectivity index is 1.88. The zero-order chi connectivity index (χ0) is 23.3. The second-order valence-corrected chi connectivity index (χ2v) is 8.34. The molecule has 1 atom stereocenters. The number of hydrogen-bond acceptors (Lipinski definition) is 5. The summed E-state index contributed by atoms with van der Waals surface area (Å²) < 4.78 is 0. The second-order valence-electron chi connectivity index (χ2n) is 7.94. The number of carbonyl (C=O) groups excluding carboxylic acids is 2. The fourth-order valence-corrected chi connectivity index (χ4v) is 3.87. The number of amides is 2. The Morgan fingerprint density at radius 3 is 2.44 bits per heavy atom. The largest absolute Gasteiger partial charge is 0.371 e. The Morgan fingerprint density at radius 2 is 1.81 bits per heavy atom. The summed E-state index contributed by atoms with van der Waals surface area (Å²) in [6.45, 7) is 5.71. The van der Waals surface area contributed by atoms with Crippen LogP contribution in [0.25, 0.3) is 0 Å². The highest BCUT2D eigenvalue weighted by atomic mass is 35.5. The van der Waals surface area contributed by atoms with E-state index < -0.39 is 10.8 Å². The molecule has 32 heavy (non-hydrogen) atoms. The van der Waals surface area contributed by atoms with Gasteiger partial charge in [0.15, 0.2) is 0 Å². The number of nitrogens with zero attached hydrogens (tertiary/aromatic N) is 2. The minimum atomic E-state index is -0.574. The molecule has 0 aliphatic carbocycles. The van der Waals surface area contributed by atoms with Crippen LogP contribution in [-0.4, -0.2) is 35.9 Å². The molecule has 1 unspecified atom stereocenters. The van der Waals surface area contributed by atoms with E-state index in [2.05, 4.69) is 15.5 Å². The van der Waals surface area contributed by atoms with Crippen molar-refractivity contribution >= 4 is 40.5 Å². The third-order valence-corrected chi connectivity index (χ3v) is 5.91. The maximum absolute atomic E-state index is 13.0. The van der Waals surface area contributed by atoms with Crippen LogP contribution in [0.4, 0.5) is 17.1 Å². The lowest BCUT2D eigenvalue weighted by Crippen LogP contribution is -2.35. The van der Waals surface area contributed by atoms with E-state index in [4.69, 9.17) is 11.6 Å². The third kappa shape index (κ3) is 5.56. The Kier molecular flexibility index (Phi) is 7.69. The first kappa shape index (κ1) is 23.5. The van der Waals surface area contributed by atoms with Crippen molar-refractivity contribution in [1.82, 2.24) is 5.32 Å². The normalized spacial score (nSPS) is 14.5. The highest BCUT2D eigenvalue weighted by Crippen LogP contribution is 2.29. The number of nitro benzene ring substituents is 1. The van der Waals surface area contributed by atoms with Gasteiger partial charge >= 0.3 is 0 Å². The van der Waals surface area contributed by atoms with Crippen molar-refractivity contribution in [2.24, 2.45) is 0 Å². The lowest BCUT2D eigenvalue weighted by Gasteiger charge is -2.31. The molecule has 1 fully saturated rings. The lowest BCUT2D eigenvalue weighted by atomic mass is 10.0. The van der Waals surface area contributed by atoms with E-state index in [0.29, 0.717) is 11.3 Å². The molecule has 1 aliphatic heterocycles. The van der Waals surface area contributed by atoms with Gasteiger partial charge in [0.25, 0.3) is 17.5 Å². The van der Waals surface area contributed by atoms with Crippen molar-refractivity contribution in [2.45, 2.75) is 45.6 Å². The highest BCUT2D eigenvalue weighted by Gasteiger charge is 2.21. The number of anilines is 2. The maximum atomic E-state index is 13.0. The molecule has 0 saturated carbocycles. The topological polar surface area (TPSA) is 105 Å². The smallest absolute Gasteiger partial charge is 0.270 e. The number of piperidine rings is 1. The van der Waals surface area contributed by atoms with Gasteiger partial charge < -0.3 is 15.5 Å². The monoisotopic (exact) mass is 458 g/mol. The number of hydrogen-bond donors (Lipinski definition) is 2. The number of carbonyl (C=O) groups is 2. The average Bonchev–Trinajstić information content (AvgIpc) is 2.79. The van der Waals surface area contributed by atoms with Crippen LogP contribution >= 0.6 is 11.6 Å². The van der Waals surface area contributed by atoms with Crippen LogP contribution in [0, 0.1) is 10.1 Å². The third-order valence-electron chi connectivity index (χ3n) is 5.59. The van der Waals surface area contributed by atoms with E-state index >= 15 is 0 Å². The predicted molar refractivity (Wildman–Crippen MR) is 126 cm³/mol. The summed E-state index contributed by atoms with van der Waals surface area (Å²) in [5, 5.41) is 16.6. The fourth-order valence-electron chi connectivity index (χ4n) is 3.61. The van der Waals surface area contributed by atoms with Crippen LogP contribution in [0.3, 0.4) is 0 Å². The molecule has 1 heterocycles. The van der Waals surface area contributed by atoms with Gasteiger partial charge in [-0.15, -0.1) is 0 Å². The zero-order valence-electron chi connectivity index (χ0n) is 18.2. The molecule has 170 valence electrons. The molecule has 2 N–H and O–H groups in total. The first-order valence-corrected chi connectivity index (χ1v) is 11.1. The standard InChI is InChI=1S/C23H27ClN4O4/c1-3-15(2)25-23(30)19-13-16(7-10-21(19)27-11-5-4-6-12-27)26-22(29)18-9-8-17(28(31)32)14-20(18)24/h7-10,13-15H,3-6,11-12H2,1-2H3,(H,25,30)(H,26,29). The Hall–Kier alpha value is -3.13. The van der Waals surface area contributed by atoms with E-state index in [1.165, 1.54) is 18.6 Å². The van der Waals surface area contributed by atoms with Crippen molar-refractivity contribution in [1.29, 1.82) is 0 Å². The van der Waals surface area contributed by atoms with Crippen LogP contribution in [0.15, 0.2) is 36.4 Å². The van der Waals surface area contributed by atoms with Gasteiger partial charge in [-0.25, -0.2) is 0 Å². The number of benzene rings is 2. The van der Waals surface area contributed by atoms with Gasteiger partial charge in [-0.3, -0.25) is 19.7 Å². The molecule has 1 saturated heterocycles. The molecule has 9 heteroatoms. The Labute approximate surface area is 192 Å². The van der Waals surface area contributed by atoms with Crippen molar-refractivity contribution in [3.8, 4) is 0 Å². The number of rotatable bonds is 7. The molecule has 8 nitrogen and oxygen atoms in total. The van der Waals surface area contributed by atoms with Crippen LogP contribution in [0.1, 0.15) is 60.2 Å². The van der Waals surface area contributed by atoms with Crippen LogP contribution in [-0.2, 0) is 0 Å². The molecule has 3 rings (SSSR count). The van der Waals surface area contributed by atoms with Crippen molar-refractivity contribution in [2.75, 3.05) is 23.3 Å². The molecular formula is C23H27ClN4O4. The zero-order valence-corrected chi connectivity index (χ0v) is 18.9. The molecule has 0 aromatic heterocycles. The summed E-state index contributed by atoms with van der Waals surface area (Å²) >= 11 is 6.08. The first-order chi connectivity index (χ1) is 15.3. The van der Waals surface area contributed by atoms with Gasteiger partial charge in [0.2, 0.25) is 0 Å². The van der Waals surface area contributed by atoms with E-state index in [0.717, 1.165) is 44.1 Å². The molecule has 1 aliphatic rings. The molecular weight excluding hydrogens is 432 g/mol. The quantitative estimate of drug-likeness (QED) is 0.447. The molecule has 0 bridgehead atoms. The predicted octanol–water partition coefficient (Wildman–Crippen LogP) is 5.02. The summed E-state index contributed by atoms with van der Waals surface area (Å²) in [4.78, 5) is 38.3. The summed E-state index contributed by atoms with van der Waals surface area (Å²) in [6.07, 6.45) is 4.13. The maximum Gasteiger partial charge on any atom is 0.270 e. The van der Waals surface area contributed by atoms with Gasteiger partial charge in [-0.1, -0.05) is 18.5 Å². The minimum Gasteiger partial charge on any atom is -0.371 e. The lowest BCUT2D eigenvalue weighted by molar-refractivity contribution is -0.384. The molecule has 2 amide bonds. The van der Waals surface area contributed by atoms with Gasteiger partial charge in [0.05, 0.1) is 21.1 Å². The molecule has 0 spiro atoms. The number of nitro groups is 1. The summed E-state index contributed by atoms with van der Waals surface area (Å²) in [6, 6.07) is 8.97. The average molecular weight is 459 g/mol. The van der Waals surface area contributed by atoms with Gasteiger partial charge in [0.1, 0.15) is 0 Å². The Morgan fingerprint density at radius 1 is 1.09 bits per heavy atom. The van der Waals surface area contributed by atoms with E-state index in [-0.39, 0.29) is 28.2 Å². The van der Waals surface area contributed by atoms with Gasteiger partial charge in [-0.2, -0.15) is 0 Å². The van der Waals surface area contributed by atoms with E-state index in [9.17, 15) is 19.7 Å². The summed E-state index contributed by atoms with van der Waals surface area (Å²) in [7, 11) is 0. The number of nitrogens with one attached hydrogen (secondary N) is 2. The summed E-state index contributed by atoms with van der Waals surface area (Å²) in [5.74, 6) is -0.701. The Bertz CT molecular complexity index is 1020. The molecule has 0 radical (unpaired) electrons. The molecule has 2 aromatic carbocycles. The van der Waals surface area contributed by atoms with Crippen molar-refractivity contribution < 1.29 is 14.5 Å². The van der Waals surface area contributed by atoms with Crippen molar-refractivity contribution in [3.05, 3.63) is 62.7 Å². The van der Waals surface area contributed by atoms with Gasteiger partial charge in [0, 0.05) is 42.6 Å². The van der Waals surface area contributed by atoms with Crippen LogP contribution in [0.5, 0.6) is 0 Å². The van der Waals surface area contributed by atoms with Crippen LogP contribution < -0.4 is 15.5 Å². The fraction of sp³-hybridized carbons (Fsp3) is 0.391.